The van der Waals surface area contributed by atoms with E-state index in [0.717, 1.165) is 0 Å². The summed E-state index contributed by atoms with van der Waals surface area (Å²) in [7, 11) is 0. The lowest BCUT2D eigenvalue weighted by Gasteiger charge is -2.13. The number of hydrogen-bond donors (Lipinski definition) is 1. The van der Waals surface area contributed by atoms with Crippen molar-refractivity contribution in [1.82, 2.24) is 5.43 Å². The van der Waals surface area contributed by atoms with E-state index in [1.165, 1.54) is 24.4 Å². The Morgan fingerprint density at radius 1 is 1.26 bits per heavy atom. The van der Waals surface area contributed by atoms with E-state index in [9.17, 15) is 14.9 Å². The van der Waals surface area contributed by atoms with Crippen molar-refractivity contribution in [2.24, 2.45) is 5.10 Å². The van der Waals surface area contributed by atoms with Crippen LogP contribution in [0.25, 0.3) is 0 Å². The average molecular weight is 436 g/mol. The van der Waals surface area contributed by atoms with E-state index in [4.69, 9.17) is 9.47 Å². The van der Waals surface area contributed by atoms with E-state index in [1.807, 2.05) is 13.8 Å². The molecule has 27 heavy (non-hydrogen) atoms. The molecular formula is C18H18BrN3O5. The number of nitro benzene ring substituents is 1. The number of carbonyl (C=O) groups is 1. The van der Waals surface area contributed by atoms with Gasteiger partial charge in [0.1, 0.15) is 5.56 Å². The van der Waals surface area contributed by atoms with Gasteiger partial charge in [0.15, 0.2) is 11.5 Å². The van der Waals surface area contributed by atoms with Crippen LogP contribution in [0.4, 0.5) is 5.69 Å². The average Bonchev–Trinajstić information content (AvgIpc) is 2.64. The van der Waals surface area contributed by atoms with E-state index in [0.29, 0.717) is 34.7 Å². The quantitative estimate of drug-likeness (QED) is 0.384. The van der Waals surface area contributed by atoms with Crippen LogP contribution in [-0.4, -0.2) is 30.3 Å². The molecule has 2 aromatic carbocycles. The molecule has 0 fully saturated rings. The second-order valence-corrected chi connectivity index (χ2v) is 6.02. The van der Waals surface area contributed by atoms with Gasteiger partial charge in [-0.2, -0.15) is 5.10 Å². The molecule has 0 aromatic heterocycles. The Morgan fingerprint density at radius 3 is 2.63 bits per heavy atom. The van der Waals surface area contributed by atoms with Crippen LogP contribution in [0, 0.1) is 10.1 Å². The summed E-state index contributed by atoms with van der Waals surface area (Å²) in [5.74, 6) is 0.453. The predicted molar refractivity (Wildman–Crippen MR) is 105 cm³/mol. The summed E-state index contributed by atoms with van der Waals surface area (Å²) in [5.41, 5.74) is 2.59. The molecule has 0 radical (unpaired) electrons. The Morgan fingerprint density at radius 2 is 1.96 bits per heavy atom. The minimum absolute atomic E-state index is 0.0671. The number of hydrogen-bond acceptors (Lipinski definition) is 6. The third-order valence-corrected chi connectivity index (χ3v) is 3.93. The number of amides is 1. The zero-order valence-electron chi connectivity index (χ0n) is 14.8. The van der Waals surface area contributed by atoms with Gasteiger partial charge in [-0.05, 0) is 53.5 Å². The van der Waals surface area contributed by atoms with Gasteiger partial charge in [0.05, 0.1) is 28.8 Å². The standard InChI is InChI=1S/C18H18BrN3O5/c1-3-26-16-10-12(9-14(19)17(16)27-4-2)11-20-21-18(23)13-7-5-6-8-15(13)22(24)25/h5-11H,3-4H2,1-2H3,(H,21,23)/b20-11-. The van der Waals surface area contributed by atoms with Crippen molar-refractivity contribution in [2.45, 2.75) is 13.8 Å². The third kappa shape index (κ3) is 5.27. The van der Waals surface area contributed by atoms with Gasteiger partial charge in [-0.3, -0.25) is 14.9 Å². The predicted octanol–water partition coefficient (Wildman–Crippen LogP) is 3.92. The summed E-state index contributed by atoms with van der Waals surface area (Å²) in [6.45, 7) is 4.67. The van der Waals surface area contributed by atoms with Crippen LogP contribution >= 0.6 is 15.9 Å². The molecule has 2 rings (SSSR count). The lowest BCUT2D eigenvalue weighted by molar-refractivity contribution is -0.385. The van der Waals surface area contributed by atoms with Crippen molar-refractivity contribution in [1.29, 1.82) is 0 Å². The summed E-state index contributed by atoms with van der Waals surface area (Å²) < 4.78 is 11.8. The van der Waals surface area contributed by atoms with E-state index in [-0.39, 0.29) is 11.3 Å². The molecule has 2 aromatic rings. The molecule has 0 bridgehead atoms. The Bertz CT molecular complexity index is 870. The minimum atomic E-state index is -0.673. The molecule has 9 heteroatoms. The molecule has 0 saturated carbocycles. The number of para-hydroxylation sites is 1. The number of benzene rings is 2. The monoisotopic (exact) mass is 435 g/mol. The Labute approximate surface area is 164 Å². The van der Waals surface area contributed by atoms with E-state index in [1.54, 1.807) is 18.2 Å². The molecular weight excluding hydrogens is 418 g/mol. The zero-order chi connectivity index (χ0) is 19.8. The molecule has 0 atom stereocenters. The molecule has 0 aliphatic carbocycles. The van der Waals surface area contributed by atoms with Gasteiger partial charge in [-0.25, -0.2) is 5.43 Å². The van der Waals surface area contributed by atoms with Crippen LogP contribution in [-0.2, 0) is 0 Å². The maximum atomic E-state index is 12.2. The topological polar surface area (TPSA) is 103 Å². The fourth-order valence-electron chi connectivity index (χ4n) is 2.26. The van der Waals surface area contributed by atoms with E-state index >= 15 is 0 Å². The first-order valence-corrected chi connectivity index (χ1v) is 8.93. The number of nitro groups is 1. The SMILES string of the molecule is CCOc1cc(/C=N\NC(=O)c2ccccc2[N+](=O)[O-])cc(Br)c1OCC. The maximum absolute atomic E-state index is 12.2. The van der Waals surface area contributed by atoms with Crippen LogP contribution in [0.2, 0.25) is 0 Å². The van der Waals surface area contributed by atoms with Crippen LogP contribution in [0.3, 0.4) is 0 Å². The second-order valence-electron chi connectivity index (χ2n) is 5.17. The van der Waals surface area contributed by atoms with Gasteiger partial charge in [0.2, 0.25) is 0 Å². The Kier molecular flexibility index (Phi) is 7.30. The van der Waals surface area contributed by atoms with Crippen molar-refractivity contribution in [2.75, 3.05) is 13.2 Å². The highest BCUT2D eigenvalue weighted by Gasteiger charge is 2.18. The first-order chi connectivity index (χ1) is 13.0. The van der Waals surface area contributed by atoms with Gasteiger partial charge in [0, 0.05) is 6.07 Å². The summed E-state index contributed by atoms with van der Waals surface area (Å²) >= 11 is 3.42. The highest BCUT2D eigenvalue weighted by molar-refractivity contribution is 9.10. The summed E-state index contributed by atoms with van der Waals surface area (Å²) in [6, 6.07) is 9.14. The van der Waals surface area contributed by atoms with E-state index in [2.05, 4.69) is 26.5 Å². The van der Waals surface area contributed by atoms with Gasteiger partial charge in [-0.15, -0.1) is 0 Å². The number of halogens is 1. The summed E-state index contributed by atoms with van der Waals surface area (Å²) in [5, 5.41) is 14.9. The normalized spacial score (nSPS) is 10.6. The van der Waals surface area contributed by atoms with Crippen LogP contribution in [0.15, 0.2) is 46.0 Å². The number of rotatable bonds is 8. The molecule has 1 amide bonds. The molecule has 0 aliphatic rings. The van der Waals surface area contributed by atoms with Gasteiger partial charge >= 0.3 is 0 Å². The molecule has 1 N–H and O–H groups in total. The highest BCUT2D eigenvalue weighted by atomic mass is 79.9. The smallest absolute Gasteiger partial charge is 0.282 e. The van der Waals surface area contributed by atoms with Crippen LogP contribution in [0.1, 0.15) is 29.8 Å². The maximum Gasteiger partial charge on any atom is 0.282 e. The van der Waals surface area contributed by atoms with Crippen molar-refractivity contribution in [3.05, 3.63) is 62.1 Å². The molecule has 0 spiro atoms. The van der Waals surface area contributed by atoms with Crippen molar-refractivity contribution in [3.63, 3.8) is 0 Å². The first-order valence-electron chi connectivity index (χ1n) is 8.13. The third-order valence-electron chi connectivity index (χ3n) is 3.35. The molecule has 0 aliphatic heterocycles. The van der Waals surface area contributed by atoms with Gasteiger partial charge in [0.25, 0.3) is 11.6 Å². The summed E-state index contributed by atoms with van der Waals surface area (Å²) in [6.07, 6.45) is 1.41. The Hall–Kier alpha value is -2.94. The van der Waals surface area contributed by atoms with Crippen molar-refractivity contribution >= 4 is 33.7 Å². The van der Waals surface area contributed by atoms with Gasteiger partial charge < -0.3 is 9.47 Å². The highest BCUT2D eigenvalue weighted by Crippen LogP contribution is 2.36. The van der Waals surface area contributed by atoms with Gasteiger partial charge in [-0.1, -0.05) is 12.1 Å². The Balaban J connectivity index is 2.19. The molecule has 8 nitrogen and oxygen atoms in total. The number of hydrazone groups is 1. The first kappa shape index (κ1) is 20.4. The number of nitrogens with one attached hydrogen (secondary N) is 1. The molecule has 0 heterocycles. The lowest BCUT2D eigenvalue weighted by Crippen LogP contribution is -2.18. The largest absolute Gasteiger partial charge is 0.490 e. The van der Waals surface area contributed by atoms with Crippen LogP contribution < -0.4 is 14.9 Å². The number of carbonyl (C=O) groups excluding carboxylic acids is 1. The molecule has 0 unspecified atom stereocenters. The van der Waals surface area contributed by atoms with Crippen molar-refractivity contribution < 1.29 is 19.2 Å². The molecule has 0 saturated heterocycles. The van der Waals surface area contributed by atoms with E-state index < -0.39 is 10.8 Å². The van der Waals surface area contributed by atoms with Crippen molar-refractivity contribution in [3.8, 4) is 11.5 Å². The fraction of sp³-hybridized carbons (Fsp3) is 0.222. The zero-order valence-corrected chi connectivity index (χ0v) is 16.4. The second kappa shape index (κ2) is 9.67. The number of nitrogens with zero attached hydrogens (tertiary/aromatic N) is 2. The molecule has 142 valence electrons. The van der Waals surface area contributed by atoms with Crippen LogP contribution in [0.5, 0.6) is 11.5 Å². The fourth-order valence-corrected chi connectivity index (χ4v) is 2.83. The number of ether oxygens (including phenoxy) is 2. The minimum Gasteiger partial charge on any atom is -0.490 e. The summed E-state index contributed by atoms with van der Waals surface area (Å²) in [4.78, 5) is 22.5. The lowest BCUT2D eigenvalue weighted by atomic mass is 10.2.